The normalized spacial score (nSPS) is 10.7. The minimum atomic E-state index is -0.309. The first-order chi connectivity index (χ1) is 11.5. The Morgan fingerprint density at radius 2 is 2.04 bits per heavy atom. The predicted octanol–water partition coefficient (Wildman–Crippen LogP) is 3.92. The molecule has 3 aromatic rings. The molecule has 0 atom stereocenters. The standard InChI is InChI=1S/C16H14ClN3O3S/c1-8-4-10(12(17)11(5-8)22-2)20-15(21)9-6-24-14-13(9)18-7-19-16(14)23-3/h4-7H,1-3H3,(H,20,21). The summed E-state index contributed by atoms with van der Waals surface area (Å²) in [6.45, 7) is 1.90. The Kier molecular flexibility index (Phi) is 4.55. The smallest absolute Gasteiger partial charge is 0.258 e. The van der Waals surface area contributed by atoms with E-state index >= 15 is 0 Å². The number of nitrogens with one attached hydrogen (secondary N) is 1. The van der Waals surface area contributed by atoms with Crippen molar-refractivity contribution in [2.45, 2.75) is 6.92 Å². The number of aromatic nitrogens is 2. The summed E-state index contributed by atoms with van der Waals surface area (Å²) in [6.07, 6.45) is 1.37. The lowest BCUT2D eigenvalue weighted by atomic mass is 10.2. The molecule has 3 rings (SSSR count). The molecule has 0 unspecified atom stereocenters. The number of fused-ring (bicyclic) bond motifs is 1. The second-order valence-corrected chi connectivity index (χ2v) is 6.25. The highest BCUT2D eigenvalue weighted by Gasteiger charge is 2.18. The fraction of sp³-hybridized carbons (Fsp3) is 0.188. The minimum absolute atomic E-state index is 0.309. The summed E-state index contributed by atoms with van der Waals surface area (Å²) in [5.74, 6) is 0.641. The maximum Gasteiger partial charge on any atom is 0.258 e. The van der Waals surface area contributed by atoms with Gasteiger partial charge in [0.1, 0.15) is 27.3 Å². The number of hydrogen-bond acceptors (Lipinski definition) is 6. The number of amides is 1. The first kappa shape index (κ1) is 16.5. The fourth-order valence-electron chi connectivity index (χ4n) is 2.30. The van der Waals surface area contributed by atoms with Gasteiger partial charge in [0, 0.05) is 5.38 Å². The highest BCUT2D eigenvalue weighted by molar-refractivity contribution is 7.17. The van der Waals surface area contributed by atoms with E-state index < -0.39 is 0 Å². The lowest BCUT2D eigenvalue weighted by molar-refractivity contribution is 0.102. The molecule has 124 valence electrons. The van der Waals surface area contributed by atoms with E-state index in [1.165, 1.54) is 31.9 Å². The second-order valence-electron chi connectivity index (χ2n) is 4.99. The molecule has 0 saturated heterocycles. The average molecular weight is 364 g/mol. The zero-order valence-electron chi connectivity index (χ0n) is 13.2. The van der Waals surface area contributed by atoms with Crippen molar-refractivity contribution in [3.63, 3.8) is 0 Å². The summed E-state index contributed by atoms with van der Waals surface area (Å²) in [6, 6.07) is 3.59. The lowest BCUT2D eigenvalue weighted by Crippen LogP contribution is -2.12. The van der Waals surface area contributed by atoms with E-state index in [9.17, 15) is 4.79 Å². The third kappa shape index (κ3) is 2.88. The highest BCUT2D eigenvalue weighted by atomic mass is 35.5. The fourth-order valence-corrected chi connectivity index (χ4v) is 3.50. The molecule has 24 heavy (non-hydrogen) atoms. The van der Waals surface area contributed by atoms with Gasteiger partial charge in [-0.15, -0.1) is 11.3 Å². The Labute approximate surface area is 147 Å². The van der Waals surface area contributed by atoms with Crippen LogP contribution in [0.3, 0.4) is 0 Å². The van der Waals surface area contributed by atoms with Gasteiger partial charge < -0.3 is 14.8 Å². The molecule has 2 aromatic heterocycles. The molecule has 1 N–H and O–H groups in total. The maximum atomic E-state index is 12.6. The largest absolute Gasteiger partial charge is 0.495 e. The molecule has 0 aliphatic heterocycles. The van der Waals surface area contributed by atoms with Crippen molar-refractivity contribution < 1.29 is 14.3 Å². The van der Waals surface area contributed by atoms with Crippen LogP contribution < -0.4 is 14.8 Å². The van der Waals surface area contributed by atoms with E-state index in [2.05, 4.69) is 15.3 Å². The first-order valence-corrected chi connectivity index (χ1v) is 8.22. The molecular weight excluding hydrogens is 350 g/mol. The molecule has 0 aliphatic carbocycles. The second kappa shape index (κ2) is 6.62. The maximum absolute atomic E-state index is 12.6. The minimum Gasteiger partial charge on any atom is -0.495 e. The van der Waals surface area contributed by atoms with Gasteiger partial charge in [0.25, 0.3) is 5.91 Å². The van der Waals surface area contributed by atoms with Crippen LogP contribution in [0.15, 0.2) is 23.8 Å². The number of anilines is 1. The molecule has 1 aromatic carbocycles. The van der Waals surface area contributed by atoms with Gasteiger partial charge in [0.2, 0.25) is 5.88 Å². The number of nitrogens with zero attached hydrogens (tertiary/aromatic N) is 2. The van der Waals surface area contributed by atoms with Gasteiger partial charge in [-0.3, -0.25) is 4.79 Å². The first-order valence-electron chi connectivity index (χ1n) is 6.96. The van der Waals surface area contributed by atoms with Gasteiger partial charge in [-0.2, -0.15) is 0 Å². The van der Waals surface area contributed by atoms with Crippen LogP contribution in [0, 0.1) is 6.92 Å². The Hall–Kier alpha value is -2.38. The molecule has 2 heterocycles. The zero-order valence-corrected chi connectivity index (χ0v) is 14.8. The average Bonchev–Trinajstić information content (AvgIpc) is 3.01. The number of carbonyl (C=O) groups excluding carboxylic acids is 1. The topological polar surface area (TPSA) is 73.3 Å². The number of hydrogen-bond donors (Lipinski definition) is 1. The van der Waals surface area contributed by atoms with Crippen molar-refractivity contribution in [2.24, 2.45) is 0 Å². The molecule has 1 amide bonds. The monoisotopic (exact) mass is 363 g/mol. The number of halogens is 1. The summed E-state index contributed by atoms with van der Waals surface area (Å²) >= 11 is 7.62. The SMILES string of the molecule is COc1cc(C)cc(NC(=O)c2csc3c(OC)ncnc23)c1Cl. The van der Waals surface area contributed by atoms with Gasteiger partial charge in [-0.05, 0) is 24.6 Å². The Morgan fingerprint density at radius 3 is 2.75 bits per heavy atom. The molecule has 8 heteroatoms. The number of ether oxygens (including phenoxy) is 2. The number of carbonyl (C=O) groups is 1. The summed E-state index contributed by atoms with van der Waals surface area (Å²) in [7, 11) is 3.06. The van der Waals surface area contributed by atoms with E-state index in [-0.39, 0.29) is 5.91 Å². The summed E-state index contributed by atoms with van der Waals surface area (Å²) in [4.78, 5) is 20.9. The number of methoxy groups -OCH3 is 2. The molecule has 0 radical (unpaired) electrons. The molecule has 0 fully saturated rings. The van der Waals surface area contributed by atoms with Crippen LogP contribution in [0.25, 0.3) is 10.2 Å². The lowest BCUT2D eigenvalue weighted by Gasteiger charge is -2.11. The van der Waals surface area contributed by atoms with Crippen LogP contribution in [-0.4, -0.2) is 30.1 Å². The third-order valence-corrected chi connectivity index (χ3v) is 4.76. The van der Waals surface area contributed by atoms with Gasteiger partial charge >= 0.3 is 0 Å². The van der Waals surface area contributed by atoms with Crippen LogP contribution in [-0.2, 0) is 0 Å². The molecule has 0 aliphatic rings. The molecular formula is C16H14ClN3O3S. The number of aryl methyl sites for hydroxylation is 1. The molecule has 0 spiro atoms. The van der Waals surface area contributed by atoms with Gasteiger partial charge in [-0.25, -0.2) is 9.97 Å². The predicted molar refractivity (Wildman–Crippen MR) is 94.7 cm³/mol. The van der Waals surface area contributed by atoms with Crippen molar-refractivity contribution in [2.75, 3.05) is 19.5 Å². The molecule has 0 saturated carbocycles. The van der Waals surface area contributed by atoms with Crippen molar-refractivity contribution >= 4 is 44.7 Å². The molecule has 0 bridgehead atoms. The van der Waals surface area contributed by atoms with Crippen molar-refractivity contribution in [3.05, 3.63) is 40.0 Å². The van der Waals surface area contributed by atoms with E-state index in [1.807, 2.05) is 6.92 Å². The van der Waals surface area contributed by atoms with E-state index in [4.69, 9.17) is 21.1 Å². The van der Waals surface area contributed by atoms with Crippen LogP contribution in [0.5, 0.6) is 11.6 Å². The summed E-state index contributed by atoms with van der Waals surface area (Å²) < 4.78 is 11.1. The Balaban J connectivity index is 1.98. The molecule has 6 nitrogen and oxygen atoms in total. The van der Waals surface area contributed by atoms with Crippen LogP contribution >= 0.6 is 22.9 Å². The summed E-state index contributed by atoms with van der Waals surface area (Å²) in [5, 5.41) is 4.88. The number of rotatable bonds is 4. The third-order valence-electron chi connectivity index (χ3n) is 3.41. The van der Waals surface area contributed by atoms with Crippen molar-refractivity contribution in [3.8, 4) is 11.6 Å². The summed E-state index contributed by atoms with van der Waals surface area (Å²) in [5.41, 5.74) is 2.39. The van der Waals surface area contributed by atoms with Gasteiger partial charge in [0.05, 0.1) is 25.5 Å². The number of thiophene rings is 1. The van der Waals surface area contributed by atoms with Gasteiger partial charge in [0.15, 0.2) is 0 Å². The Bertz CT molecular complexity index is 926. The zero-order chi connectivity index (χ0) is 17.3. The van der Waals surface area contributed by atoms with Crippen molar-refractivity contribution in [1.82, 2.24) is 9.97 Å². The van der Waals surface area contributed by atoms with Crippen LogP contribution in [0.1, 0.15) is 15.9 Å². The van der Waals surface area contributed by atoms with Crippen LogP contribution in [0.2, 0.25) is 5.02 Å². The van der Waals surface area contributed by atoms with E-state index in [1.54, 1.807) is 17.5 Å². The van der Waals surface area contributed by atoms with E-state index in [0.717, 1.165) is 10.3 Å². The quantitative estimate of drug-likeness (QED) is 0.760. The van der Waals surface area contributed by atoms with Gasteiger partial charge in [-0.1, -0.05) is 11.6 Å². The highest BCUT2D eigenvalue weighted by Crippen LogP contribution is 2.35. The van der Waals surface area contributed by atoms with E-state index in [0.29, 0.717) is 33.4 Å². The van der Waals surface area contributed by atoms with Crippen molar-refractivity contribution in [1.29, 1.82) is 0 Å². The van der Waals surface area contributed by atoms with Crippen LogP contribution in [0.4, 0.5) is 5.69 Å². The Morgan fingerprint density at radius 1 is 1.25 bits per heavy atom. The number of benzene rings is 1.